The zero-order chi connectivity index (χ0) is 13.6. The van der Waals surface area contributed by atoms with Gasteiger partial charge in [0.05, 0.1) is 10.2 Å². The quantitative estimate of drug-likeness (QED) is 0.615. The van der Waals surface area contributed by atoms with Gasteiger partial charge in [0.2, 0.25) is 5.89 Å². The van der Waals surface area contributed by atoms with Crippen LogP contribution in [0.1, 0.15) is 0 Å². The van der Waals surface area contributed by atoms with Crippen molar-refractivity contribution in [3.63, 3.8) is 0 Å². The van der Waals surface area contributed by atoms with Crippen LogP contribution in [0.2, 0.25) is 0 Å². The highest BCUT2D eigenvalue weighted by atomic mass is 79.9. The molecule has 0 aliphatic rings. The van der Waals surface area contributed by atoms with Crippen LogP contribution in [-0.2, 0) is 0 Å². The zero-order valence-electron chi connectivity index (χ0n) is 9.45. The molecule has 6 heteroatoms. The van der Waals surface area contributed by atoms with Gasteiger partial charge in [0.15, 0.2) is 5.58 Å². The maximum atomic E-state index is 13.5. The number of anilines is 1. The molecule has 19 heavy (non-hydrogen) atoms. The molecule has 2 aromatic carbocycles. The molecule has 0 amide bonds. The van der Waals surface area contributed by atoms with Gasteiger partial charge in [0.25, 0.3) is 0 Å². The summed E-state index contributed by atoms with van der Waals surface area (Å²) in [5.41, 5.74) is 8.04. The second-order valence-corrected chi connectivity index (χ2v) is 5.76. The van der Waals surface area contributed by atoms with Gasteiger partial charge in [-0.3, -0.25) is 0 Å². The highest BCUT2D eigenvalue weighted by Gasteiger charge is 2.12. The molecule has 96 valence electrons. The lowest BCUT2D eigenvalue weighted by Gasteiger charge is -1.97. The van der Waals surface area contributed by atoms with Crippen LogP contribution in [0.25, 0.3) is 22.6 Å². The number of nitrogen functional groups attached to an aromatic ring is 1. The lowest BCUT2D eigenvalue weighted by atomic mass is 10.2. The number of halogens is 3. The molecule has 0 aliphatic heterocycles. The Bertz CT molecular complexity index is 786. The van der Waals surface area contributed by atoms with Crippen LogP contribution in [0, 0.1) is 5.82 Å². The summed E-state index contributed by atoms with van der Waals surface area (Å²) in [6.07, 6.45) is 0. The number of hydrogen-bond acceptors (Lipinski definition) is 3. The smallest absolute Gasteiger partial charge is 0.227 e. The average Bonchev–Trinajstić information content (AvgIpc) is 2.76. The van der Waals surface area contributed by atoms with Gasteiger partial charge in [0, 0.05) is 10.0 Å². The minimum absolute atomic E-state index is 0.339. The number of hydrogen-bond donors (Lipinski definition) is 1. The van der Waals surface area contributed by atoms with E-state index in [1.807, 2.05) is 0 Å². The Kier molecular flexibility index (Phi) is 3.06. The monoisotopic (exact) mass is 384 g/mol. The molecule has 0 saturated carbocycles. The maximum absolute atomic E-state index is 13.5. The van der Waals surface area contributed by atoms with Crippen LogP contribution >= 0.6 is 31.9 Å². The molecule has 3 nitrogen and oxygen atoms in total. The van der Waals surface area contributed by atoms with E-state index < -0.39 is 0 Å². The van der Waals surface area contributed by atoms with Crippen LogP contribution in [0.15, 0.2) is 43.7 Å². The number of nitrogens with two attached hydrogens (primary N) is 1. The third kappa shape index (κ3) is 2.26. The van der Waals surface area contributed by atoms with Crippen LogP contribution in [0.5, 0.6) is 0 Å². The summed E-state index contributed by atoms with van der Waals surface area (Å²) >= 11 is 6.45. The van der Waals surface area contributed by atoms with Crippen molar-refractivity contribution in [2.45, 2.75) is 0 Å². The highest BCUT2D eigenvalue weighted by Crippen LogP contribution is 2.31. The van der Waals surface area contributed by atoms with Gasteiger partial charge in [-0.25, -0.2) is 9.37 Å². The lowest BCUT2D eigenvalue weighted by Crippen LogP contribution is -1.84. The number of fused-ring (bicyclic) bond motifs is 1. The molecule has 0 spiro atoms. The molecule has 1 heterocycles. The van der Waals surface area contributed by atoms with E-state index in [9.17, 15) is 4.39 Å². The molecule has 0 saturated heterocycles. The van der Waals surface area contributed by atoms with Gasteiger partial charge in [-0.1, -0.05) is 15.9 Å². The molecule has 0 atom stereocenters. The third-order valence-corrected chi connectivity index (χ3v) is 3.75. The molecular weight excluding hydrogens is 379 g/mol. The standard InChI is InChI=1S/C13H7Br2FN2O/c14-7-4-10(17)12-11(5-7)18-13(19-12)6-1-2-8(15)9(16)3-6/h1-5H,17H2. The Morgan fingerprint density at radius 3 is 2.68 bits per heavy atom. The molecule has 1 aromatic heterocycles. The van der Waals surface area contributed by atoms with E-state index in [1.165, 1.54) is 6.07 Å². The van der Waals surface area contributed by atoms with Crippen molar-refractivity contribution in [3.05, 3.63) is 45.1 Å². The summed E-state index contributed by atoms with van der Waals surface area (Å²) in [4.78, 5) is 4.32. The fraction of sp³-hybridized carbons (Fsp3) is 0. The summed E-state index contributed by atoms with van der Waals surface area (Å²) in [5.74, 6) is -0.0277. The zero-order valence-corrected chi connectivity index (χ0v) is 12.6. The van der Waals surface area contributed by atoms with E-state index >= 15 is 0 Å². The van der Waals surface area contributed by atoms with Gasteiger partial charge < -0.3 is 10.2 Å². The van der Waals surface area contributed by atoms with Crippen molar-refractivity contribution in [2.75, 3.05) is 5.73 Å². The molecule has 0 unspecified atom stereocenters. The summed E-state index contributed by atoms with van der Waals surface area (Å²) in [5, 5.41) is 0. The summed E-state index contributed by atoms with van der Waals surface area (Å²) in [6, 6.07) is 8.23. The fourth-order valence-electron chi connectivity index (χ4n) is 1.78. The Morgan fingerprint density at radius 2 is 1.95 bits per heavy atom. The Balaban J connectivity index is 2.20. The first-order chi connectivity index (χ1) is 9.04. The van der Waals surface area contributed by atoms with Gasteiger partial charge in [-0.15, -0.1) is 0 Å². The summed E-state index contributed by atoms with van der Waals surface area (Å²) in [6.45, 7) is 0. The van der Waals surface area contributed by atoms with Gasteiger partial charge in [-0.05, 0) is 46.3 Å². The average molecular weight is 386 g/mol. The molecule has 0 fully saturated rings. The van der Waals surface area contributed by atoms with Crippen molar-refractivity contribution in [2.24, 2.45) is 0 Å². The van der Waals surface area contributed by atoms with Crippen molar-refractivity contribution < 1.29 is 8.81 Å². The molecule has 3 rings (SSSR count). The predicted octanol–water partition coefficient (Wildman–Crippen LogP) is 4.74. The molecule has 0 bridgehead atoms. The Hall–Kier alpha value is -1.40. The van der Waals surface area contributed by atoms with E-state index in [1.54, 1.807) is 24.3 Å². The van der Waals surface area contributed by atoms with Gasteiger partial charge in [0.1, 0.15) is 11.3 Å². The van der Waals surface area contributed by atoms with Gasteiger partial charge in [-0.2, -0.15) is 0 Å². The largest absolute Gasteiger partial charge is 0.434 e. The Morgan fingerprint density at radius 1 is 1.16 bits per heavy atom. The molecule has 2 N–H and O–H groups in total. The van der Waals surface area contributed by atoms with Crippen LogP contribution < -0.4 is 5.73 Å². The van der Waals surface area contributed by atoms with E-state index in [2.05, 4.69) is 36.8 Å². The second-order valence-electron chi connectivity index (χ2n) is 3.99. The first kappa shape index (κ1) is 12.6. The first-order valence-corrected chi connectivity index (χ1v) is 6.94. The molecule has 0 aliphatic carbocycles. The van der Waals surface area contributed by atoms with Crippen molar-refractivity contribution in [1.29, 1.82) is 0 Å². The normalized spacial score (nSPS) is 11.1. The number of oxazole rings is 1. The highest BCUT2D eigenvalue weighted by molar-refractivity contribution is 9.10. The van der Waals surface area contributed by atoms with E-state index in [-0.39, 0.29) is 5.82 Å². The number of rotatable bonds is 1. The minimum atomic E-state index is -0.367. The molecule has 0 radical (unpaired) electrons. The first-order valence-electron chi connectivity index (χ1n) is 5.35. The lowest BCUT2D eigenvalue weighted by molar-refractivity contribution is 0.609. The van der Waals surface area contributed by atoms with Crippen molar-refractivity contribution >= 4 is 48.6 Å². The van der Waals surface area contributed by atoms with E-state index in [4.69, 9.17) is 10.2 Å². The van der Waals surface area contributed by atoms with Crippen molar-refractivity contribution in [1.82, 2.24) is 4.98 Å². The fourth-order valence-corrected chi connectivity index (χ4v) is 2.49. The number of aromatic nitrogens is 1. The number of nitrogens with zero attached hydrogens (tertiary/aromatic N) is 1. The molecule has 3 aromatic rings. The van der Waals surface area contributed by atoms with Crippen LogP contribution in [0.4, 0.5) is 10.1 Å². The van der Waals surface area contributed by atoms with E-state index in [0.29, 0.717) is 32.7 Å². The van der Waals surface area contributed by atoms with Crippen LogP contribution in [0.3, 0.4) is 0 Å². The minimum Gasteiger partial charge on any atom is -0.434 e. The third-order valence-electron chi connectivity index (χ3n) is 2.65. The summed E-state index contributed by atoms with van der Waals surface area (Å²) < 4.78 is 20.3. The summed E-state index contributed by atoms with van der Waals surface area (Å²) in [7, 11) is 0. The second kappa shape index (κ2) is 4.61. The topological polar surface area (TPSA) is 52.0 Å². The Labute approximate surface area is 124 Å². The number of benzene rings is 2. The SMILES string of the molecule is Nc1cc(Br)cc2nc(-c3ccc(Br)c(F)c3)oc12. The predicted molar refractivity (Wildman–Crippen MR) is 79.2 cm³/mol. The van der Waals surface area contributed by atoms with E-state index in [0.717, 1.165) is 4.47 Å². The van der Waals surface area contributed by atoms with Gasteiger partial charge >= 0.3 is 0 Å². The van der Waals surface area contributed by atoms with Crippen LogP contribution in [-0.4, -0.2) is 4.98 Å². The maximum Gasteiger partial charge on any atom is 0.227 e. The van der Waals surface area contributed by atoms with Crippen molar-refractivity contribution in [3.8, 4) is 11.5 Å². The molecular formula is C13H7Br2FN2O.